The highest BCUT2D eigenvalue weighted by Gasteiger charge is 2.43. The van der Waals surface area contributed by atoms with E-state index in [1.165, 1.54) is 0 Å². The Morgan fingerprint density at radius 1 is 1.07 bits per heavy atom. The van der Waals surface area contributed by atoms with Crippen molar-refractivity contribution in [3.05, 3.63) is 94.5 Å². The van der Waals surface area contributed by atoms with Gasteiger partial charge in [-0.25, -0.2) is 5.01 Å². The van der Waals surface area contributed by atoms with Crippen molar-refractivity contribution in [2.45, 2.75) is 18.7 Å². The second-order valence-electron chi connectivity index (χ2n) is 7.25. The number of carbonyl (C=O) groups is 1. The highest BCUT2D eigenvalue weighted by Crippen LogP contribution is 2.43. The van der Waals surface area contributed by atoms with Crippen LogP contribution in [0.2, 0.25) is 5.02 Å². The van der Waals surface area contributed by atoms with Gasteiger partial charge < -0.3 is 9.47 Å². The first-order chi connectivity index (χ1) is 14.6. The van der Waals surface area contributed by atoms with E-state index in [-0.39, 0.29) is 11.8 Å². The lowest BCUT2D eigenvalue weighted by molar-refractivity contribution is -0.00455. The second kappa shape index (κ2) is 7.50. The zero-order valence-corrected chi connectivity index (χ0v) is 17.0. The van der Waals surface area contributed by atoms with E-state index in [4.69, 9.17) is 26.2 Å². The molecule has 0 saturated heterocycles. The Labute approximate surface area is 179 Å². The van der Waals surface area contributed by atoms with Crippen LogP contribution in [-0.2, 0) is 0 Å². The molecule has 5 nitrogen and oxygen atoms in total. The standard InChI is InChI=1S/C24H19ClN2O3/c1-29-18-12-8-15(9-13-18)20-14-21-19-4-2-3-5-22(19)30-24(27(21)26-20)23(28)16-6-10-17(25)11-7-16/h2-13,21,24H,14H2,1H3/t21-,24-/m0/s1. The molecule has 0 saturated carbocycles. The van der Waals surface area contributed by atoms with Crippen molar-refractivity contribution in [2.75, 3.05) is 7.11 Å². The zero-order valence-electron chi connectivity index (χ0n) is 16.3. The minimum Gasteiger partial charge on any atom is -0.497 e. The Bertz CT molecular complexity index is 1130. The van der Waals surface area contributed by atoms with E-state index in [0.29, 0.717) is 17.0 Å². The summed E-state index contributed by atoms with van der Waals surface area (Å²) in [7, 11) is 1.64. The molecule has 5 rings (SSSR count). The van der Waals surface area contributed by atoms with Crippen LogP contribution in [0.1, 0.15) is 33.9 Å². The largest absolute Gasteiger partial charge is 0.497 e. The zero-order chi connectivity index (χ0) is 20.7. The summed E-state index contributed by atoms with van der Waals surface area (Å²) < 4.78 is 11.4. The molecular formula is C24H19ClN2O3. The quantitative estimate of drug-likeness (QED) is 0.553. The van der Waals surface area contributed by atoms with E-state index in [1.807, 2.05) is 48.5 Å². The molecule has 0 fully saturated rings. The maximum atomic E-state index is 13.3. The predicted molar refractivity (Wildman–Crippen MR) is 115 cm³/mol. The highest BCUT2D eigenvalue weighted by molar-refractivity contribution is 6.30. The molecule has 3 aromatic carbocycles. The first-order valence-electron chi connectivity index (χ1n) is 9.69. The topological polar surface area (TPSA) is 51.1 Å². The van der Waals surface area contributed by atoms with Crippen LogP contribution in [-0.4, -0.2) is 29.8 Å². The van der Waals surface area contributed by atoms with E-state index < -0.39 is 6.23 Å². The molecular weight excluding hydrogens is 400 g/mol. The van der Waals surface area contributed by atoms with Crippen molar-refractivity contribution in [3.63, 3.8) is 0 Å². The van der Waals surface area contributed by atoms with Crippen molar-refractivity contribution >= 4 is 23.1 Å². The number of ether oxygens (including phenoxy) is 2. The third-order valence-corrected chi connectivity index (χ3v) is 5.73. The van der Waals surface area contributed by atoms with E-state index in [2.05, 4.69) is 0 Å². The minimum absolute atomic E-state index is 0.0618. The fourth-order valence-electron chi connectivity index (χ4n) is 3.92. The fraction of sp³-hybridized carbons (Fsp3) is 0.167. The predicted octanol–water partition coefficient (Wildman–Crippen LogP) is 5.10. The molecule has 2 heterocycles. The number of fused-ring (bicyclic) bond motifs is 3. The molecule has 150 valence electrons. The van der Waals surface area contributed by atoms with Crippen LogP contribution in [0.15, 0.2) is 77.9 Å². The van der Waals surface area contributed by atoms with Gasteiger partial charge in [0.05, 0.1) is 18.9 Å². The summed E-state index contributed by atoms with van der Waals surface area (Å²) >= 11 is 5.98. The van der Waals surface area contributed by atoms with Gasteiger partial charge in [-0.05, 0) is 60.2 Å². The number of hydrogen-bond acceptors (Lipinski definition) is 5. The number of para-hydroxylation sites is 1. The summed E-state index contributed by atoms with van der Waals surface area (Å²) in [6.45, 7) is 0. The van der Waals surface area contributed by atoms with Gasteiger partial charge in [-0.3, -0.25) is 4.79 Å². The lowest BCUT2D eigenvalue weighted by atomic mass is 9.96. The van der Waals surface area contributed by atoms with E-state index in [0.717, 1.165) is 28.3 Å². The smallest absolute Gasteiger partial charge is 0.251 e. The molecule has 2 aliphatic rings. The summed E-state index contributed by atoms with van der Waals surface area (Å²) in [6.07, 6.45) is -0.140. The van der Waals surface area contributed by atoms with Crippen LogP contribution in [0.25, 0.3) is 0 Å². The molecule has 3 aromatic rings. The number of ketones is 1. The highest BCUT2D eigenvalue weighted by atomic mass is 35.5. The number of carbonyl (C=O) groups excluding carboxylic acids is 1. The molecule has 0 aromatic heterocycles. The van der Waals surface area contributed by atoms with E-state index >= 15 is 0 Å². The fourth-order valence-corrected chi connectivity index (χ4v) is 4.05. The molecule has 0 unspecified atom stereocenters. The maximum absolute atomic E-state index is 13.3. The first kappa shape index (κ1) is 18.7. The van der Waals surface area contributed by atoms with Gasteiger partial charge in [-0.2, -0.15) is 5.10 Å². The van der Waals surface area contributed by atoms with E-state index in [9.17, 15) is 4.79 Å². The maximum Gasteiger partial charge on any atom is 0.251 e. The summed E-state index contributed by atoms with van der Waals surface area (Å²) in [6, 6.07) is 22.4. The molecule has 0 N–H and O–H groups in total. The number of hydrogen-bond donors (Lipinski definition) is 0. The number of halogens is 1. The molecule has 30 heavy (non-hydrogen) atoms. The molecule has 0 bridgehead atoms. The van der Waals surface area contributed by atoms with Gasteiger partial charge in [0.15, 0.2) is 0 Å². The first-order valence-corrected chi connectivity index (χ1v) is 10.1. The number of methoxy groups -OCH3 is 1. The molecule has 2 aliphatic heterocycles. The van der Waals surface area contributed by atoms with Crippen molar-refractivity contribution in [3.8, 4) is 11.5 Å². The van der Waals surface area contributed by atoms with Crippen LogP contribution in [0.3, 0.4) is 0 Å². The van der Waals surface area contributed by atoms with Gasteiger partial charge in [0, 0.05) is 22.6 Å². The van der Waals surface area contributed by atoms with Gasteiger partial charge in [0.25, 0.3) is 6.23 Å². The Morgan fingerprint density at radius 3 is 2.53 bits per heavy atom. The average Bonchev–Trinajstić information content (AvgIpc) is 3.24. The average molecular weight is 419 g/mol. The van der Waals surface area contributed by atoms with Crippen molar-refractivity contribution in [1.82, 2.24) is 5.01 Å². The third-order valence-electron chi connectivity index (χ3n) is 5.48. The Balaban J connectivity index is 1.53. The van der Waals surface area contributed by atoms with Gasteiger partial charge in [0.2, 0.25) is 5.78 Å². The van der Waals surface area contributed by atoms with Crippen molar-refractivity contribution in [1.29, 1.82) is 0 Å². The van der Waals surface area contributed by atoms with Gasteiger partial charge in [0.1, 0.15) is 11.5 Å². The van der Waals surface area contributed by atoms with Crippen LogP contribution in [0.5, 0.6) is 11.5 Å². The van der Waals surface area contributed by atoms with E-state index in [1.54, 1.807) is 36.4 Å². The number of rotatable bonds is 4. The molecule has 6 heteroatoms. The monoisotopic (exact) mass is 418 g/mol. The third kappa shape index (κ3) is 3.21. The van der Waals surface area contributed by atoms with Crippen molar-refractivity contribution < 1.29 is 14.3 Å². The Hall–Kier alpha value is -3.31. The summed E-state index contributed by atoms with van der Waals surface area (Å²) in [5.74, 6) is 1.36. The van der Waals surface area contributed by atoms with Gasteiger partial charge in [-0.1, -0.05) is 29.8 Å². The van der Waals surface area contributed by atoms with Crippen LogP contribution >= 0.6 is 11.6 Å². The SMILES string of the molecule is COc1ccc(C2=NN3[C@H](C(=O)c4ccc(Cl)cc4)Oc4ccccc4[C@@H]3C2)cc1. The van der Waals surface area contributed by atoms with Crippen LogP contribution in [0, 0.1) is 0 Å². The van der Waals surface area contributed by atoms with Crippen molar-refractivity contribution in [2.24, 2.45) is 5.10 Å². The van der Waals surface area contributed by atoms with Gasteiger partial charge in [-0.15, -0.1) is 0 Å². The molecule has 0 amide bonds. The Kier molecular flexibility index (Phi) is 4.68. The summed E-state index contributed by atoms with van der Waals surface area (Å²) in [4.78, 5) is 13.3. The minimum atomic E-state index is -0.832. The molecule has 0 radical (unpaired) electrons. The lowest BCUT2D eigenvalue weighted by Crippen LogP contribution is -2.45. The second-order valence-corrected chi connectivity index (χ2v) is 7.69. The number of Topliss-reactive ketones (excluding diaryl/α,β-unsaturated/α-hetero) is 1. The van der Waals surface area contributed by atoms with Crippen LogP contribution in [0.4, 0.5) is 0 Å². The Morgan fingerprint density at radius 2 is 1.80 bits per heavy atom. The number of benzene rings is 3. The number of nitrogens with zero attached hydrogens (tertiary/aromatic N) is 2. The normalized spacial score (nSPS) is 19.4. The lowest BCUT2D eigenvalue weighted by Gasteiger charge is -2.37. The molecule has 0 spiro atoms. The molecule has 0 aliphatic carbocycles. The summed E-state index contributed by atoms with van der Waals surface area (Å²) in [5, 5.41) is 7.19. The van der Waals surface area contributed by atoms with Gasteiger partial charge >= 0.3 is 0 Å². The number of hydrazone groups is 1. The summed E-state index contributed by atoms with van der Waals surface area (Å²) in [5.41, 5.74) is 3.48. The van der Waals surface area contributed by atoms with Crippen LogP contribution < -0.4 is 9.47 Å². The molecule has 2 atom stereocenters.